The number of aromatic nitrogens is 1. The average Bonchev–Trinajstić information content (AvgIpc) is 3.12. The zero-order valence-electron chi connectivity index (χ0n) is 14.6. The topological polar surface area (TPSA) is 36.4 Å². The first-order valence-corrected chi connectivity index (χ1v) is 10.5. The van der Waals surface area contributed by atoms with Crippen molar-refractivity contribution in [2.75, 3.05) is 31.1 Å². The fourth-order valence-electron chi connectivity index (χ4n) is 3.32. The SMILES string of the molecule is CCc1cccc2sc(N3CCN(C(=O)c4ccccc4Br)CC3)nc12. The average molecular weight is 430 g/mol. The van der Waals surface area contributed by atoms with Gasteiger partial charge in [0, 0.05) is 30.7 Å². The van der Waals surface area contributed by atoms with Gasteiger partial charge in [-0.25, -0.2) is 4.98 Å². The summed E-state index contributed by atoms with van der Waals surface area (Å²) in [6.07, 6.45) is 0.995. The minimum atomic E-state index is 0.0923. The number of aryl methyl sites for hydroxylation is 1. The molecule has 1 saturated heterocycles. The minimum Gasteiger partial charge on any atom is -0.345 e. The van der Waals surface area contributed by atoms with Crippen LogP contribution in [0.2, 0.25) is 0 Å². The lowest BCUT2D eigenvalue weighted by atomic mass is 10.1. The van der Waals surface area contributed by atoms with Crippen molar-refractivity contribution < 1.29 is 4.79 Å². The molecule has 1 aliphatic rings. The van der Waals surface area contributed by atoms with E-state index in [2.05, 4.69) is 46.0 Å². The Morgan fingerprint density at radius 2 is 1.88 bits per heavy atom. The maximum Gasteiger partial charge on any atom is 0.255 e. The van der Waals surface area contributed by atoms with Gasteiger partial charge in [0.1, 0.15) is 0 Å². The Balaban J connectivity index is 1.49. The van der Waals surface area contributed by atoms with Crippen LogP contribution in [0.15, 0.2) is 46.9 Å². The van der Waals surface area contributed by atoms with Gasteiger partial charge >= 0.3 is 0 Å². The Morgan fingerprint density at radius 3 is 2.62 bits per heavy atom. The number of carbonyl (C=O) groups excluding carboxylic acids is 1. The summed E-state index contributed by atoms with van der Waals surface area (Å²) in [7, 11) is 0. The molecule has 0 saturated carbocycles. The molecule has 0 aliphatic carbocycles. The minimum absolute atomic E-state index is 0.0923. The highest BCUT2D eigenvalue weighted by molar-refractivity contribution is 9.10. The number of hydrogen-bond acceptors (Lipinski definition) is 4. The van der Waals surface area contributed by atoms with E-state index in [9.17, 15) is 4.79 Å². The molecule has 1 amide bonds. The highest BCUT2D eigenvalue weighted by Crippen LogP contribution is 2.31. The van der Waals surface area contributed by atoms with Crippen LogP contribution in [-0.4, -0.2) is 42.0 Å². The van der Waals surface area contributed by atoms with Gasteiger partial charge in [-0.15, -0.1) is 0 Å². The molecule has 2 aromatic carbocycles. The quantitative estimate of drug-likeness (QED) is 0.610. The van der Waals surface area contributed by atoms with Crippen molar-refractivity contribution in [3.8, 4) is 0 Å². The van der Waals surface area contributed by atoms with Crippen LogP contribution in [0.3, 0.4) is 0 Å². The van der Waals surface area contributed by atoms with Crippen molar-refractivity contribution in [2.24, 2.45) is 0 Å². The first kappa shape index (κ1) is 17.5. The molecule has 0 unspecified atom stereocenters. The van der Waals surface area contributed by atoms with Gasteiger partial charge < -0.3 is 9.80 Å². The number of benzene rings is 2. The highest BCUT2D eigenvalue weighted by Gasteiger charge is 2.25. The number of carbonyl (C=O) groups is 1. The monoisotopic (exact) mass is 429 g/mol. The predicted octanol–water partition coefficient (Wildman–Crippen LogP) is 4.58. The van der Waals surface area contributed by atoms with Crippen molar-refractivity contribution in [1.82, 2.24) is 9.88 Å². The summed E-state index contributed by atoms with van der Waals surface area (Å²) in [4.78, 5) is 21.9. The first-order chi connectivity index (χ1) is 12.7. The van der Waals surface area contributed by atoms with Crippen molar-refractivity contribution in [2.45, 2.75) is 13.3 Å². The Kier molecular flexibility index (Phi) is 4.96. The zero-order valence-corrected chi connectivity index (χ0v) is 17.0. The van der Waals surface area contributed by atoms with Crippen LogP contribution in [0.25, 0.3) is 10.2 Å². The summed E-state index contributed by atoms with van der Waals surface area (Å²) in [5.41, 5.74) is 3.16. The lowest BCUT2D eigenvalue weighted by Crippen LogP contribution is -2.48. The third-order valence-electron chi connectivity index (χ3n) is 4.81. The van der Waals surface area contributed by atoms with Crippen molar-refractivity contribution in [3.63, 3.8) is 0 Å². The molecule has 0 atom stereocenters. The fourth-order valence-corrected chi connectivity index (χ4v) is 4.84. The molecule has 26 heavy (non-hydrogen) atoms. The van der Waals surface area contributed by atoms with Gasteiger partial charge in [-0.2, -0.15) is 0 Å². The standard InChI is InChI=1S/C20H20BrN3OS/c1-2-14-6-5-9-17-18(14)22-20(26-17)24-12-10-23(11-13-24)19(25)15-7-3-4-8-16(15)21/h3-9H,2,10-13H2,1H3. The van der Waals surface area contributed by atoms with E-state index in [1.807, 2.05) is 29.2 Å². The fraction of sp³-hybridized carbons (Fsp3) is 0.300. The molecule has 2 heterocycles. The maximum atomic E-state index is 12.8. The summed E-state index contributed by atoms with van der Waals surface area (Å²) in [5, 5.41) is 1.06. The van der Waals surface area contributed by atoms with Gasteiger partial charge in [0.15, 0.2) is 5.13 Å². The van der Waals surface area contributed by atoms with Gasteiger partial charge in [0.2, 0.25) is 0 Å². The lowest BCUT2D eigenvalue weighted by Gasteiger charge is -2.34. The molecule has 1 aliphatic heterocycles. The van der Waals surface area contributed by atoms with Crippen molar-refractivity contribution >= 4 is 48.5 Å². The van der Waals surface area contributed by atoms with Crippen LogP contribution in [0.4, 0.5) is 5.13 Å². The molecule has 1 aromatic heterocycles. The number of para-hydroxylation sites is 1. The predicted molar refractivity (Wildman–Crippen MR) is 111 cm³/mol. The molecule has 6 heteroatoms. The third kappa shape index (κ3) is 3.23. The molecule has 4 rings (SSSR count). The molecule has 4 nitrogen and oxygen atoms in total. The normalized spacial score (nSPS) is 14.8. The first-order valence-electron chi connectivity index (χ1n) is 8.84. The summed E-state index contributed by atoms with van der Waals surface area (Å²) >= 11 is 5.22. The molecule has 1 fully saturated rings. The number of thiazole rings is 1. The maximum absolute atomic E-state index is 12.8. The smallest absolute Gasteiger partial charge is 0.255 e. The number of fused-ring (bicyclic) bond motifs is 1. The highest BCUT2D eigenvalue weighted by atomic mass is 79.9. The van der Waals surface area contributed by atoms with E-state index < -0.39 is 0 Å². The molecule has 0 radical (unpaired) electrons. The number of rotatable bonds is 3. The van der Waals surface area contributed by atoms with Gasteiger partial charge in [0.25, 0.3) is 5.91 Å². The van der Waals surface area contributed by atoms with Crippen molar-refractivity contribution in [3.05, 3.63) is 58.1 Å². The number of nitrogens with zero attached hydrogens (tertiary/aromatic N) is 3. The van der Waals surface area contributed by atoms with Crippen LogP contribution in [-0.2, 0) is 6.42 Å². The van der Waals surface area contributed by atoms with Crippen LogP contribution in [0, 0.1) is 0 Å². The number of piperazine rings is 1. The number of anilines is 1. The number of amides is 1. The van der Waals surface area contributed by atoms with Gasteiger partial charge in [-0.1, -0.05) is 42.5 Å². The molecule has 0 spiro atoms. The zero-order chi connectivity index (χ0) is 18.1. The van der Waals surface area contributed by atoms with E-state index >= 15 is 0 Å². The lowest BCUT2D eigenvalue weighted by molar-refractivity contribution is 0.0746. The van der Waals surface area contributed by atoms with Gasteiger partial charge in [0.05, 0.1) is 15.8 Å². The summed E-state index contributed by atoms with van der Waals surface area (Å²) < 4.78 is 2.09. The number of halogens is 1. The van der Waals surface area contributed by atoms with E-state index in [0.29, 0.717) is 0 Å². The molecular weight excluding hydrogens is 410 g/mol. The van der Waals surface area contributed by atoms with Crippen LogP contribution < -0.4 is 4.90 Å². The van der Waals surface area contributed by atoms with E-state index in [4.69, 9.17) is 4.98 Å². The second kappa shape index (κ2) is 7.37. The Labute approximate surface area is 165 Å². The van der Waals surface area contributed by atoms with E-state index in [1.165, 1.54) is 10.3 Å². The van der Waals surface area contributed by atoms with E-state index in [-0.39, 0.29) is 5.91 Å². The van der Waals surface area contributed by atoms with Gasteiger partial charge in [-0.3, -0.25) is 4.79 Å². The summed E-state index contributed by atoms with van der Waals surface area (Å²) in [6.45, 7) is 5.24. The van der Waals surface area contributed by atoms with Crippen LogP contribution >= 0.6 is 27.3 Å². The third-order valence-corrected chi connectivity index (χ3v) is 6.59. The van der Waals surface area contributed by atoms with Crippen molar-refractivity contribution in [1.29, 1.82) is 0 Å². The second-order valence-electron chi connectivity index (χ2n) is 6.37. The van der Waals surface area contributed by atoms with Gasteiger partial charge in [-0.05, 0) is 46.1 Å². The largest absolute Gasteiger partial charge is 0.345 e. The van der Waals surface area contributed by atoms with E-state index in [1.54, 1.807) is 11.3 Å². The summed E-state index contributed by atoms with van der Waals surface area (Å²) in [6, 6.07) is 14.0. The Morgan fingerprint density at radius 1 is 1.12 bits per heavy atom. The Bertz CT molecular complexity index is 947. The number of hydrogen-bond donors (Lipinski definition) is 0. The summed E-state index contributed by atoms with van der Waals surface area (Å²) in [5.74, 6) is 0.0923. The van der Waals surface area contributed by atoms with Crippen LogP contribution in [0.5, 0.6) is 0 Å². The molecule has 3 aromatic rings. The Hall–Kier alpha value is -1.92. The molecule has 0 N–H and O–H groups in total. The molecule has 134 valence electrons. The molecular formula is C20H20BrN3OS. The second-order valence-corrected chi connectivity index (χ2v) is 8.24. The van der Waals surface area contributed by atoms with E-state index in [0.717, 1.165) is 53.3 Å². The van der Waals surface area contributed by atoms with Crippen LogP contribution in [0.1, 0.15) is 22.8 Å². The molecule has 0 bridgehead atoms.